The van der Waals surface area contributed by atoms with Gasteiger partial charge in [0.15, 0.2) is 0 Å². The Morgan fingerprint density at radius 2 is 2.00 bits per heavy atom. The quantitative estimate of drug-likeness (QED) is 0.626. The molecule has 2 aromatic heterocycles. The standard InChI is InChI=1S/C22H31N7/c23-12-15-6-9-29(10-7-15)21-5-1-4-18(26-21)22-17-11-19(16-3-2-8-24-13-16)25-14-20(17)27-28-22/h1-5,8,13,15,17,19-20,22,25,27-28H,6-7,9-12,14,23H2. The van der Waals surface area contributed by atoms with Crippen molar-refractivity contribution in [3.8, 4) is 0 Å². The average Bonchev–Trinajstić information content (AvgIpc) is 3.23. The molecular weight excluding hydrogens is 362 g/mol. The van der Waals surface area contributed by atoms with Crippen molar-refractivity contribution in [1.82, 2.24) is 26.1 Å². The van der Waals surface area contributed by atoms with Gasteiger partial charge in [-0.1, -0.05) is 12.1 Å². The molecule has 2 aromatic rings. The van der Waals surface area contributed by atoms with Crippen molar-refractivity contribution >= 4 is 5.82 Å². The van der Waals surface area contributed by atoms with Gasteiger partial charge in [-0.15, -0.1) is 0 Å². The summed E-state index contributed by atoms with van der Waals surface area (Å²) >= 11 is 0. The van der Waals surface area contributed by atoms with Gasteiger partial charge in [0.1, 0.15) is 5.82 Å². The van der Waals surface area contributed by atoms with E-state index >= 15 is 0 Å². The third-order valence-corrected chi connectivity index (χ3v) is 6.89. The third kappa shape index (κ3) is 3.88. The summed E-state index contributed by atoms with van der Waals surface area (Å²) < 4.78 is 0. The fraction of sp³-hybridized carbons (Fsp3) is 0.545. The predicted octanol–water partition coefficient (Wildman–Crippen LogP) is 1.52. The maximum atomic E-state index is 5.85. The van der Waals surface area contributed by atoms with Crippen LogP contribution in [0.5, 0.6) is 0 Å². The zero-order chi connectivity index (χ0) is 19.6. The summed E-state index contributed by atoms with van der Waals surface area (Å²) in [6.07, 6.45) is 7.20. The Kier molecular flexibility index (Phi) is 5.46. The van der Waals surface area contributed by atoms with Crippen molar-refractivity contribution in [2.75, 3.05) is 31.1 Å². The molecule has 3 aliphatic heterocycles. The molecule has 0 bridgehead atoms. The lowest BCUT2D eigenvalue weighted by Gasteiger charge is -2.35. The molecule has 3 saturated heterocycles. The van der Waals surface area contributed by atoms with Gasteiger partial charge in [0, 0.05) is 50.0 Å². The minimum Gasteiger partial charge on any atom is -0.357 e. The molecule has 7 nitrogen and oxygen atoms in total. The van der Waals surface area contributed by atoms with Gasteiger partial charge in [-0.3, -0.25) is 10.4 Å². The molecule has 0 saturated carbocycles. The van der Waals surface area contributed by atoms with E-state index < -0.39 is 0 Å². The first-order valence-corrected chi connectivity index (χ1v) is 10.9. The molecule has 154 valence electrons. The molecule has 0 radical (unpaired) electrons. The second kappa shape index (κ2) is 8.36. The molecule has 4 atom stereocenters. The zero-order valence-electron chi connectivity index (χ0n) is 16.8. The van der Waals surface area contributed by atoms with Crippen LogP contribution >= 0.6 is 0 Å². The third-order valence-electron chi connectivity index (χ3n) is 6.89. The lowest BCUT2D eigenvalue weighted by atomic mass is 9.81. The normalized spacial score (nSPS) is 30.3. The van der Waals surface area contributed by atoms with Gasteiger partial charge in [-0.25, -0.2) is 10.4 Å². The molecule has 0 aromatic carbocycles. The number of aromatic nitrogens is 2. The fourth-order valence-electron chi connectivity index (χ4n) is 5.09. The molecule has 0 spiro atoms. The van der Waals surface area contributed by atoms with Gasteiger partial charge in [0.2, 0.25) is 0 Å². The Balaban J connectivity index is 1.32. The number of pyridine rings is 2. The van der Waals surface area contributed by atoms with E-state index in [1.165, 1.54) is 5.56 Å². The molecule has 4 unspecified atom stereocenters. The van der Waals surface area contributed by atoms with E-state index in [0.29, 0.717) is 23.9 Å². The first-order valence-electron chi connectivity index (χ1n) is 10.9. The predicted molar refractivity (Wildman–Crippen MR) is 114 cm³/mol. The molecule has 3 fully saturated rings. The number of anilines is 1. The van der Waals surface area contributed by atoms with Gasteiger partial charge in [0.05, 0.1) is 11.7 Å². The second-order valence-electron chi connectivity index (χ2n) is 8.61. The van der Waals surface area contributed by atoms with Crippen molar-refractivity contribution in [3.05, 3.63) is 54.0 Å². The summed E-state index contributed by atoms with van der Waals surface area (Å²) in [5, 5.41) is 3.67. The molecule has 0 aliphatic carbocycles. The monoisotopic (exact) mass is 393 g/mol. The van der Waals surface area contributed by atoms with Crippen molar-refractivity contribution in [2.45, 2.75) is 37.4 Å². The highest BCUT2D eigenvalue weighted by molar-refractivity contribution is 5.40. The van der Waals surface area contributed by atoms with Crippen LogP contribution in [0.4, 0.5) is 5.82 Å². The van der Waals surface area contributed by atoms with E-state index in [4.69, 9.17) is 10.7 Å². The average molecular weight is 394 g/mol. The SMILES string of the molecule is NCC1CCN(c2cccc(C3NNC4CNC(c5cccnc5)CC43)n2)CC1. The molecule has 3 aliphatic rings. The Hall–Kier alpha value is -2.06. The Morgan fingerprint density at radius 3 is 2.79 bits per heavy atom. The number of rotatable bonds is 4. The lowest BCUT2D eigenvalue weighted by Crippen LogP contribution is -2.46. The van der Waals surface area contributed by atoms with Crippen LogP contribution in [0.2, 0.25) is 0 Å². The van der Waals surface area contributed by atoms with Crippen LogP contribution in [0.1, 0.15) is 42.6 Å². The first kappa shape index (κ1) is 18.9. The molecule has 29 heavy (non-hydrogen) atoms. The van der Waals surface area contributed by atoms with E-state index in [9.17, 15) is 0 Å². The lowest BCUT2D eigenvalue weighted by molar-refractivity contribution is 0.265. The number of nitrogens with two attached hydrogens (primary N) is 1. The molecule has 0 amide bonds. The van der Waals surface area contributed by atoms with E-state index in [0.717, 1.165) is 57.0 Å². The number of piperidine rings is 2. The Morgan fingerprint density at radius 1 is 1.10 bits per heavy atom. The Labute approximate surface area is 172 Å². The number of fused-ring (bicyclic) bond motifs is 1. The minimum absolute atomic E-state index is 0.225. The molecular formula is C22H31N7. The van der Waals surface area contributed by atoms with E-state index in [-0.39, 0.29) is 6.04 Å². The van der Waals surface area contributed by atoms with Crippen LogP contribution in [-0.4, -0.2) is 42.2 Å². The van der Waals surface area contributed by atoms with Crippen molar-refractivity contribution in [2.24, 2.45) is 17.6 Å². The maximum absolute atomic E-state index is 5.85. The van der Waals surface area contributed by atoms with Crippen LogP contribution in [-0.2, 0) is 0 Å². The van der Waals surface area contributed by atoms with Crippen LogP contribution in [0.3, 0.4) is 0 Å². The smallest absolute Gasteiger partial charge is 0.128 e. The van der Waals surface area contributed by atoms with Crippen LogP contribution < -0.4 is 26.8 Å². The summed E-state index contributed by atoms with van der Waals surface area (Å²) in [5.41, 5.74) is 15.3. The molecule has 5 rings (SSSR count). The number of hydrogen-bond donors (Lipinski definition) is 4. The van der Waals surface area contributed by atoms with Crippen LogP contribution in [0.25, 0.3) is 0 Å². The van der Waals surface area contributed by atoms with Gasteiger partial charge >= 0.3 is 0 Å². The molecule has 7 heteroatoms. The minimum atomic E-state index is 0.225. The number of nitrogens with zero attached hydrogens (tertiary/aromatic N) is 3. The summed E-state index contributed by atoms with van der Waals surface area (Å²) in [6.45, 7) is 3.84. The highest BCUT2D eigenvalue weighted by Crippen LogP contribution is 2.38. The molecule has 5 heterocycles. The summed E-state index contributed by atoms with van der Waals surface area (Å²) in [7, 11) is 0. The Bertz CT molecular complexity index is 806. The van der Waals surface area contributed by atoms with Gasteiger partial charge in [-0.05, 0) is 55.5 Å². The van der Waals surface area contributed by atoms with Crippen molar-refractivity contribution in [1.29, 1.82) is 0 Å². The highest BCUT2D eigenvalue weighted by atomic mass is 15.4. The fourth-order valence-corrected chi connectivity index (χ4v) is 5.09. The van der Waals surface area contributed by atoms with E-state index in [2.05, 4.69) is 50.3 Å². The van der Waals surface area contributed by atoms with E-state index in [1.54, 1.807) is 0 Å². The highest BCUT2D eigenvalue weighted by Gasteiger charge is 2.42. The van der Waals surface area contributed by atoms with Crippen molar-refractivity contribution in [3.63, 3.8) is 0 Å². The zero-order valence-corrected chi connectivity index (χ0v) is 16.8. The summed E-state index contributed by atoms with van der Waals surface area (Å²) in [6, 6.07) is 11.6. The van der Waals surface area contributed by atoms with Gasteiger partial charge in [0.25, 0.3) is 0 Å². The van der Waals surface area contributed by atoms with Gasteiger partial charge in [-0.2, -0.15) is 0 Å². The molecule has 5 N–H and O–H groups in total. The summed E-state index contributed by atoms with van der Waals surface area (Å²) in [5.74, 6) is 2.25. The number of hydrogen-bond acceptors (Lipinski definition) is 7. The van der Waals surface area contributed by atoms with E-state index in [1.807, 2.05) is 18.5 Å². The first-order chi connectivity index (χ1) is 14.3. The topological polar surface area (TPSA) is 91.1 Å². The van der Waals surface area contributed by atoms with Gasteiger partial charge < -0.3 is 16.0 Å². The number of hydrazine groups is 1. The largest absolute Gasteiger partial charge is 0.357 e. The van der Waals surface area contributed by atoms with Crippen LogP contribution in [0.15, 0.2) is 42.7 Å². The van der Waals surface area contributed by atoms with Crippen molar-refractivity contribution < 1.29 is 0 Å². The maximum Gasteiger partial charge on any atom is 0.128 e. The second-order valence-corrected chi connectivity index (χ2v) is 8.61. The number of nitrogens with one attached hydrogen (secondary N) is 3. The van der Waals surface area contributed by atoms with Crippen LogP contribution in [0, 0.1) is 11.8 Å². The summed E-state index contributed by atoms with van der Waals surface area (Å²) in [4.78, 5) is 11.8.